The maximum Gasteiger partial charge on any atom is 0.0703 e. The van der Waals surface area contributed by atoms with E-state index in [9.17, 15) is 5.11 Å². The van der Waals surface area contributed by atoms with Gasteiger partial charge in [-0.2, -0.15) is 0 Å². The van der Waals surface area contributed by atoms with Crippen LogP contribution in [0.1, 0.15) is 33.6 Å². The maximum atomic E-state index is 10.0. The van der Waals surface area contributed by atoms with Gasteiger partial charge in [0, 0.05) is 12.0 Å². The van der Waals surface area contributed by atoms with E-state index in [1.54, 1.807) is 0 Å². The van der Waals surface area contributed by atoms with Crippen molar-refractivity contribution >= 4 is 8.07 Å². The fourth-order valence-electron chi connectivity index (χ4n) is 1.75. The topological polar surface area (TPSA) is 20.2 Å². The Hall–Kier alpha value is -0.263. The summed E-state index contributed by atoms with van der Waals surface area (Å²) in [6.07, 6.45) is 2.04. The SMILES string of the molecule is CCCC#CC(C(C)(C)O)[Si](C)(C)C. The molecule has 0 heterocycles. The van der Waals surface area contributed by atoms with E-state index >= 15 is 0 Å². The minimum atomic E-state index is -1.40. The van der Waals surface area contributed by atoms with Crippen LogP contribution >= 0.6 is 0 Å². The van der Waals surface area contributed by atoms with Gasteiger partial charge in [0.1, 0.15) is 0 Å². The van der Waals surface area contributed by atoms with Crippen molar-refractivity contribution in [3.05, 3.63) is 0 Å². The van der Waals surface area contributed by atoms with Crippen LogP contribution < -0.4 is 0 Å². The summed E-state index contributed by atoms with van der Waals surface area (Å²) in [5.74, 6) is 6.44. The van der Waals surface area contributed by atoms with Gasteiger partial charge < -0.3 is 5.11 Å². The molecule has 1 atom stereocenters. The normalized spacial score (nSPS) is 14.5. The Morgan fingerprint density at radius 2 is 1.79 bits per heavy atom. The molecule has 0 radical (unpaired) electrons. The zero-order valence-corrected chi connectivity index (χ0v) is 11.4. The van der Waals surface area contributed by atoms with Gasteiger partial charge in [0.05, 0.1) is 13.7 Å². The number of unbranched alkanes of at least 4 members (excludes halogenated alkanes) is 1. The van der Waals surface area contributed by atoms with Crippen molar-refractivity contribution in [2.24, 2.45) is 0 Å². The molecular formula is C12H24OSi. The molecule has 0 aliphatic rings. The second-order valence-electron chi connectivity index (χ2n) is 5.52. The van der Waals surface area contributed by atoms with Crippen molar-refractivity contribution in [3.63, 3.8) is 0 Å². The van der Waals surface area contributed by atoms with Crippen LogP contribution in [0.4, 0.5) is 0 Å². The van der Waals surface area contributed by atoms with Gasteiger partial charge in [0.2, 0.25) is 0 Å². The largest absolute Gasteiger partial charge is 0.389 e. The first-order valence-electron chi connectivity index (χ1n) is 5.40. The lowest BCUT2D eigenvalue weighted by atomic mass is 10.1. The predicted molar refractivity (Wildman–Crippen MR) is 66.1 cm³/mol. The molecule has 82 valence electrons. The van der Waals surface area contributed by atoms with E-state index in [4.69, 9.17) is 0 Å². The summed E-state index contributed by atoms with van der Waals surface area (Å²) in [6.45, 7) is 12.7. The maximum absolute atomic E-state index is 10.0. The molecule has 0 saturated heterocycles. The molecule has 0 rings (SSSR count). The third-order valence-corrected chi connectivity index (χ3v) is 4.78. The molecule has 1 N–H and O–H groups in total. The van der Waals surface area contributed by atoms with Crippen LogP contribution in [-0.4, -0.2) is 18.8 Å². The first-order valence-corrected chi connectivity index (χ1v) is 8.98. The van der Waals surface area contributed by atoms with Crippen molar-refractivity contribution < 1.29 is 5.11 Å². The van der Waals surface area contributed by atoms with Gasteiger partial charge in [0.15, 0.2) is 0 Å². The number of hydrogen-bond acceptors (Lipinski definition) is 1. The standard InChI is InChI=1S/C12H24OSi/c1-7-8-9-10-11(12(2,3)13)14(4,5)6/h11,13H,7-8H2,1-6H3. The molecule has 2 heteroatoms. The smallest absolute Gasteiger partial charge is 0.0703 e. The lowest BCUT2D eigenvalue weighted by Gasteiger charge is -2.34. The summed E-state index contributed by atoms with van der Waals surface area (Å²) >= 11 is 0. The van der Waals surface area contributed by atoms with Crippen LogP contribution in [0, 0.1) is 11.8 Å². The lowest BCUT2D eigenvalue weighted by molar-refractivity contribution is 0.0842. The van der Waals surface area contributed by atoms with Crippen LogP contribution in [0.5, 0.6) is 0 Å². The highest BCUT2D eigenvalue weighted by atomic mass is 28.3. The van der Waals surface area contributed by atoms with E-state index in [0.29, 0.717) is 0 Å². The molecule has 0 aliphatic carbocycles. The zero-order chi connectivity index (χ0) is 11.4. The molecule has 0 bridgehead atoms. The third kappa shape index (κ3) is 4.83. The highest BCUT2D eigenvalue weighted by Gasteiger charge is 2.36. The molecule has 0 fully saturated rings. The Morgan fingerprint density at radius 1 is 1.29 bits per heavy atom. The number of aliphatic hydroxyl groups is 1. The van der Waals surface area contributed by atoms with Crippen LogP contribution in [0.2, 0.25) is 25.2 Å². The third-order valence-electron chi connectivity index (χ3n) is 2.19. The van der Waals surface area contributed by atoms with E-state index in [0.717, 1.165) is 12.8 Å². The molecular weight excluding hydrogens is 188 g/mol. The highest BCUT2D eigenvalue weighted by molar-refractivity contribution is 6.78. The summed E-state index contributed by atoms with van der Waals surface area (Å²) in [7, 11) is -1.40. The quantitative estimate of drug-likeness (QED) is 0.562. The Labute approximate surface area is 89.9 Å². The molecule has 0 aromatic rings. The Morgan fingerprint density at radius 3 is 2.07 bits per heavy atom. The van der Waals surface area contributed by atoms with Crippen LogP contribution in [0.3, 0.4) is 0 Å². The summed E-state index contributed by atoms with van der Waals surface area (Å²) in [6, 6.07) is 0. The molecule has 0 spiro atoms. The molecule has 14 heavy (non-hydrogen) atoms. The van der Waals surface area contributed by atoms with E-state index in [2.05, 4.69) is 38.4 Å². The van der Waals surface area contributed by atoms with Gasteiger partial charge in [-0.3, -0.25) is 0 Å². The second kappa shape index (κ2) is 5.00. The van der Waals surface area contributed by atoms with Crippen LogP contribution in [0.25, 0.3) is 0 Å². The Bertz CT molecular complexity index is 207. The van der Waals surface area contributed by atoms with Crippen molar-refractivity contribution in [3.8, 4) is 11.8 Å². The second-order valence-corrected chi connectivity index (χ2v) is 10.8. The number of rotatable bonds is 3. The average molecular weight is 212 g/mol. The van der Waals surface area contributed by atoms with Gasteiger partial charge in [0.25, 0.3) is 0 Å². The van der Waals surface area contributed by atoms with E-state index in [1.807, 2.05) is 13.8 Å². The minimum Gasteiger partial charge on any atom is -0.389 e. The molecule has 1 unspecified atom stereocenters. The van der Waals surface area contributed by atoms with Crippen molar-refractivity contribution in [1.29, 1.82) is 0 Å². The fraction of sp³-hybridized carbons (Fsp3) is 0.833. The summed E-state index contributed by atoms with van der Waals surface area (Å²) in [5.41, 5.74) is -0.493. The summed E-state index contributed by atoms with van der Waals surface area (Å²) in [5, 5.41) is 10.0. The van der Waals surface area contributed by atoms with Gasteiger partial charge >= 0.3 is 0 Å². The molecule has 0 aliphatic heterocycles. The van der Waals surface area contributed by atoms with Crippen LogP contribution in [0.15, 0.2) is 0 Å². The monoisotopic (exact) mass is 212 g/mol. The van der Waals surface area contributed by atoms with Gasteiger partial charge in [-0.1, -0.05) is 26.6 Å². The Kier molecular flexibility index (Phi) is 4.90. The molecule has 0 amide bonds. The van der Waals surface area contributed by atoms with Crippen molar-refractivity contribution in [2.45, 2.75) is 64.4 Å². The molecule has 0 saturated carbocycles. The summed E-state index contributed by atoms with van der Waals surface area (Å²) in [4.78, 5) is 0. The molecule has 1 nitrogen and oxygen atoms in total. The number of hydrogen-bond donors (Lipinski definition) is 1. The molecule has 0 aromatic carbocycles. The van der Waals surface area contributed by atoms with Gasteiger partial charge in [-0.05, 0) is 20.3 Å². The first kappa shape index (κ1) is 13.7. The average Bonchev–Trinajstić information content (AvgIpc) is 1.92. The van der Waals surface area contributed by atoms with Gasteiger partial charge in [-0.15, -0.1) is 11.8 Å². The highest BCUT2D eigenvalue weighted by Crippen LogP contribution is 2.32. The van der Waals surface area contributed by atoms with Gasteiger partial charge in [-0.25, -0.2) is 0 Å². The molecule has 0 aromatic heterocycles. The van der Waals surface area contributed by atoms with E-state index in [1.165, 1.54) is 0 Å². The minimum absolute atomic E-state index is 0.168. The van der Waals surface area contributed by atoms with Crippen molar-refractivity contribution in [2.75, 3.05) is 0 Å². The van der Waals surface area contributed by atoms with E-state index < -0.39 is 13.7 Å². The Balaban J connectivity index is 4.71. The summed E-state index contributed by atoms with van der Waals surface area (Å²) < 4.78 is 0. The fourth-order valence-corrected chi connectivity index (χ4v) is 4.41. The van der Waals surface area contributed by atoms with Crippen molar-refractivity contribution in [1.82, 2.24) is 0 Å². The van der Waals surface area contributed by atoms with E-state index in [-0.39, 0.29) is 5.54 Å². The first-order chi connectivity index (χ1) is 6.19. The lowest BCUT2D eigenvalue weighted by Crippen LogP contribution is -2.41. The van der Waals surface area contributed by atoms with Crippen LogP contribution in [-0.2, 0) is 0 Å². The predicted octanol–water partition coefficient (Wildman–Crippen LogP) is 3.27. The zero-order valence-electron chi connectivity index (χ0n) is 10.4.